The number of rotatable bonds is 5. The molecule has 0 unspecified atom stereocenters. The summed E-state index contributed by atoms with van der Waals surface area (Å²) < 4.78 is 28.3. The van der Waals surface area contributed by atoms with Crippen LogP contribution < -0.4 is 10.0 Å². The lowest BCUT2D eigenvalue weighted by atomic mass is 10.4. The predicted molar refractivity (Wildman–Crippen MR) is 71.0 cm³/mol. The third-order valence-electron chi connectivity index (χ3n) is 2.52. The molecular formula is C11H15N5O2S. The number of pyridine rings is 1. The largest absolute Gasteiger partial charge is 0.373 e. The summed E-state index contributed by atoms with van der Waals surface area (Å²) in [6.07, 6.45) is 4.83. The van der Waals surface area contributed by atoms with Crippen molar-refractivity contribution >= 4 is 15.8 Å². The monoisotopic (exact) mass is 281 g/mol. The van der Waals surface area contributed by atoms with Gasteiger partial charge in [-0.2, -0.15) is 5.10 Å². The Morgan fingerprint density at radius 2 is 2.21 bits per heavy atom. The highest BCUT2D eigenvalue weighted by molar-refractivity contribution is 7.89. The van der Waals surface area contributed by atoms with E-state index >= 15 is 0 Å². The molecule has 2 aromatic heterocycles. The van der Waals surface area contributed by atoms with Crippen molar-refractivity contribution < 1.29 is 8.42 Å². The zero-order chi connectivity index (χ0) is 13.9. The Hall–Kier alpha value is -1.93. The molecule has 0 amide bonds. The summed E-state index contributed by atoms with van der Waals surface area (Å²) in [5, 5.41) is 6.78. The highest BCUT2D eigenvalue weighted by Gasteiger charge is 2.14. The average molecular weight is 281 g/mol. The van der Waals surface area contributed by atoms with Crippen molar-refractivity contribution in [2.45, 2.75) is 11.4 Å². The number of hydrogen-bond donors (Lipinski definition) is 2. The Morgan fingerprint density at radius 3 is 2.84 bits per heavy atom. The van der Waals surface area contributed by atoms with Crippen LogP contribution in [0, 0.1) is 0 Å². The summed E-state index contributed by atoms with van der Waals surface area (Å²) >= 11 is 0. The van der Waals surface area contributed by atoms with Crippen molar-refractivity contribution in [1.82, 2.24) is 19.5 Å². The molecule has 0 aliphatic carbocycles. The summed E-state index contributed by atoms with van der Waals surface area (Å²) in [5.74, 6) is 0.504. The molecule has 0 saturated carbocycles. The van der Waals surface area contributed by atoms with E-state index in [0.29, 0.717) is 5.82 Å². The van der Waals surface area contributed by atoms with Crippen molar-refractivity contribution in [3.8, 4) is 0 Å². The molecule has 2 N–H and O–H groups in total. The summed E-state index contributed by atoms with van der Waals surface area (Å²) in [5.41, 5.74) is 0.800. The van der Waals surface area contributed by atoms with E-state index in [2.05, 4.69) is 20.1 Å². The highest BCUT2D eigenvalue weighted by atomic mass is 32.2. The molecule has 0 spiro atoms. The molecular weight excluding hydrogens is 266 g/mol. The summed E-state index contributed by atoms with van der Waals surface area (Å²) in [6, 6.07) is 2.93. The Bertz CT molecular complexity index is 665. The van der Waals surface area contributed by atoms with Gasteiger partial charge in [0.05, 0.1) is 11.1 Å². The molecule has 0 radical (unpaired) electrons. The number of nitrogens with zero attached hydrogens (tertiary/aromatic N) is 3. The smallest absolute Gasteiger partial charge is 0.241 e. The first-order valence-electron chi connectivity index (χ1n) is 5.62. The Kier molecular flexibility index (Phi) is 3.82. The van der Waals surface area contributed by atoms with Gasteiger partial charge in [-0.3, -0.25) is 4.68 Å². The molecule has 0 bridgehead atoms. The van der Waals surface area contributed by atoms with E-state index in [9.17, 15) is 8.42 Å². The summed E-state index contributed by atoms with van der Waals surface area (Å²) in [6.45, 7) is 0.202. The summed E-state index contributed by atoms with van der Waals surface area (Å²) in [4.78, 5) is 4.15. The zero-order valence-corrected chi connectivity index (χ0v) is 11.5. The van der Waals surface area contributed by atoms with Gasteiger partial charge in [0.1, 0.15) is 5.82 Å². The Labute approximate surface area is 111 Å². The van der Waals surface area contributed by atoms with Crippen molar-refractivity contribution in [2.75, 3.05) is 12.4 Å². The summed E-state index contributed by atoms with van der Waals surface area (Å²) in [7, 11) is -0.0887. The molecule has 0 fully saturated rings. The first kappa shape index (κ1) is 13.5. The zero-order valence-electron chi connectivity index (χ0n) is 10.7. The minimum atomic E-state index is -3.55. The quantitative estimate of drug-likeness (QED) is 0.824. The van der Waals surface area contributed by atoms with Crippen molar-refractivity contribution in [3.63, 3.8) is 0 Å². The van der Waals surface area contributed by atoms with Crippen LogP contribution in [0.3, 0.4) is 0 Å². The minimum Gasteiger partial charge on any atom is -0.373 e. The number of aromatic nitrogens is 3. The van der Waals surface area contributed by atoms with Crippen molar-refractivity contribution in [1.29, 1.82) is 0 Å². The van der Waals surface area contributed by atoms with Gasteiger partial charge in [-0.05, 0) is 6.07 Å². The molecule has 0 atom stereocenters. The molecule has 2 rings (SSSR count). The van der Waals surface area contributed by atoms with E-state index in [1.165, 1.54) is 18.3 Å². The van der Waals surface area contributed by atoms with Gasteiger partial charge in [-0.25, -0.2) is 18.1 Å². The van der Waals surface area contributed by atoms with E-state index in [1.807, 2.05) is 0 Å². The van der Waals surface area contributed by atoms with Crippen molar-refractivity contribution in [2.24, 2.45) is 7.05 Å². The van der Waals surface area contributed by atoms with Gasteiger partial charge >= 0.3 is 0 Å². The van der Waals surface area contributed by atoms with E-state index in [1.54, 1.807) is 31.2 Å². The average Bonchev–Trinajstić information content (AvgIpc) is 2.82. The van der Waals surface area contributed by atoms with E-state index < -0.39 is 10.0 Å². The van der Waals surface area contributed by atoms with E-state index in [4.69, 9.17) is 0 Å². The fourth-order valence-corrected chi connectivity index (χ4v) is 2.57. The molecule has 2 heterocycles. The van der Waals surface area contributed by atoms with Crippen LogP contribution in [0.4, 0.5) is 5.82 Å². The topological polar surface area (TPSA) is 88.9 Å². The van der Waals surface area contributed by atoms with Gasteiger partial charge in [0, 0.05) is 44.7 Å². The van der Waals surface area contributed by atoms with Crippen molar-refractivity contribution in [3.05, 3.63) is 36.3 Å². The van der Waals surface area contributed by atoms with Gasteiger partial charge in [0.15, 0.2) is 0 Å². The van der Waals surface area contributed by atoms with Crippen LogP contribution in [0.1, 0.15) is 5.56 Å². The van der Waals surface area contributed by atoms with E-state index in [0.717, 1.165) is 5.56 Å². The molecule has 102 valence electrons. The lowest BCUT2D eigenvalue weighted by Gasteiger charge is -2.06. The number of sulfonamides is 1. The molecule has 0 saturated heterocycles. The van der Waals surface area contributed by atoms with Crippen LogP contribution >= 0.6 is 0 Å². The third-order valence-corrected chi connectivity index (χ3v) is 3.92. The standard InChI is InChI=1S/C11H15N5O2S/c1-12-11-5-10(3-4-13-11)19(17,18)15-7-9-6-14-16(2)8-9/h3-6,8,15H,7H2,1-2H3,(H,12,13). The van der Waals surface area contributed by atoms with Gasteiger partial charge < -0.3 is 5.32 Å². The second-order valence-corrected chi connectivity index (χ2v) is 5.74. The number of nitrogens with one attached hydrogen (secondary N) is 2. The number of aryl methyl sites for hydroxylation is 1. The number of hydrogen-bond acceptors (Lipinski definition) is 5. The molecule has 0 aliphatic rings. The number of anilines is 1. The predicted octanol–water partition coefficient (Wildman–Crippen LogP) is 0.335. The van der Waals surface area contributed by atoms with Gasteiger partial charge in [-0.15, -0.1) is 0 Å². The second kappa shape index (κ2) is 5.37. The van der Waals surface area contributed by atoms with Crippen LogP contribution in [0.5, 0.6) is 0 Å². The van der Waals surface area contributed by atoms with Crippen LogP contribution in [0.2, 0.25) is 0 Å². The fourth-order valence-electron chi connectivity index (χ4n) is 1.54. The van der Waals surface area contributed by atoms with Crippen LogP contribution in [0.15, 0.2) is 35.6 Å². The highest BCUT2D eigenvalue weighted by Crippen LogP contribution is 2.12. The Balaban J connectivity index is 2.13. The van der Waals surface area contributed by atoms with Gasteiger partial charge in [0.2, 0.25) is 10.0 Å². The van der Waals surface area contributed by atoms with E-state index in [-0.39, 0.29) is 11.4 Å². The van der Waals surface area contributed by atoms with Crippen LogP contribution in [-0.2, 0) is 23.6 Å². The fraction of sp³-hybridized carbons (Fsp3) is 0.273. The molecule has 8 heteroatoms. The normalized spacial score (nSPS) is 11.5. The first-order chi connectivity index (χ1) is 9.01. The van der Waals surface area contributed by atoms with Crippen LogP contribution in [0.25, 0.3) is 0 Å². The molecule has 7 nitrogen and oxygen atoms in total. The lowest BCUT2D eigenvalue weighted by Crippen LogP contribution is -2.23. The van der Waals surface area contributed by atoms with Gasteiger partial charge in [-0.1, -0.05) is 0 Å². The lowest BCUT2D eigenvalue weighted by molar-refractivity contribution is 0.581. The van der Waals surface area contributed by atoms with Gasteiger partial charge in [0.25, 0.3) is 0 Å². The first-order valence-corrected chi connectivity index (χ1v) is 7.10. The van der Waals surface area contributed by atoms with Crippen LogP contribution in [-0.4, -0.2) is 30.2 Å². The molecule has 2 aromatic rings. The molecule has 0 aliphatic heterocycles. The SMILES string of the molecule is CNc1cc(S(=O)(=O)NCc2cnn(C)c2)ccn1. The third kappa shape index (κ3) is 3.30. The maximum Gasteiger partial charge on any atom is 0.241 e. The Morgan fingerprint density at radius 1 is 1.42 bits per heavy atom. The molecule has 19 heavy (non-hydrogen) atoms. The maximum atomic E-state index is 12.1. The second-order valence-electron chi connectivity index (χ2n) is 3.97. The minimum absolute atomic E-state index is 0.177. The molecule has 0 aromatic carbocycles. The maximum absolute atomic E-state index is 12.1.